The van der Waals surface area contributed by atoms with E-state index in [9.17, 15) is 4.79 Å². The zero-order valence-corrected chi connectivity index (χ0v) is 6.43. The summed E-state index contributed by atoms with van der Waals surface area (Å²) in [5, 5.41) is 8.35. The third-order valence-electron chi connectivity index (χ3n) is 0.909. The highest BCUT2D eigenvalue weighted by atomic mass is 35.5. The number of rotatable bonds is 3. The number of hydrogen-bond donors (Lipinski definition) is 1. The van der Waals surface area contributed by atoms with Crippen molar-refractivity contribution in [1.82, 2.24) is 0 Å². The number of hydrogen-bond acceptors (Lipinski definition) is 1. The third kappa shape index (κ3) is 4.15. The molecule has 0 saturated carbocycles. The summed E-state index contributed by atoms with van der Waals surface area (Å²) in [7, 11) is 0. The van der Waals surface area contributed by atoms with Crippen LogP contribution in [0.1, 0.15) is 6.92 Å². The molecule has 1 N–H and O–H groups in total. The molecule has 0 aliphatic heterocycles. The maximum absolute atomic E-state index is 10.2. The molecule has 0 amide bonds. The molecule has 0 atom stereocenters. The molecule has 0 saturated heterocycles. The van der Waals surface area contributed by atoms with Gasteiger partial charge in [-0.1, -0.05) is 18.2 Å². The van der Waals surface area contributed by atoms with Crippen LogP contribution in [-0.4, -0.2) is 17.0 Å². The largest absolute Gasteiger partial charge is 0.478 e. The summed E-state index contributed by atoms with van der Waals surface area (Å²) in [5.41, 5.74) is 0.307. The molecular weight excluding hydrogens is 152 g/mol. The summed E-state index contributed by atoms with van der Waals surface area (Å²) in [5.74, 6) is -0.497. The van der Waals surface area contributed by atoms with Gasteiger partial charge in [-0.3, -0.25) is 0 Å². The van der Waals surface area contributed by atoms with Gasteiger partial charge in [0.1, 0.15) is 0 Å². The van der Waals surface area contributed by atoms with E-state index >= 15 is 0 Å². The lowest BCUT2D eigenvalue weighted by atomic mass is 10.3. The van der Waals surface area contributed by atoms with Crippen LogP contribution in [0.5, 0.6) is 0 Å². The number of halogens is 1. The maximum atomic E-state index is 10.2. The summed E-state index contributed by atoms with van der Waals surface area (Å²) in [4.78, 5) is 10.2. The predicted octanol–water partition coefficient (Wildman–Crippen LogP) is 1.81. The first-order valence-corrected chi connectivity index (χ1v) is 3.34. The second-order valence-corrected chi connectivity index (χ2v) is 2.05. The van der Waals surface area contributed by atoms with E-state index in [0.717, 1.165) is 0 Å². The molecule has 10 heavy (non-hydrogen) atoms. The second-order valence-electron chi connectivity index (χ2n) is 1.74. The Labute approximate surface area is 64.8 Å². The molecule has 0 rings (SSSR count). The van der Waals surface area contributed by atoms with E-state index in [2.05, 4.69) is 0 Å². The quantitative estimate of drug-likeness (QED) is 0.389. The fourth-order valence-corrected chi connectivity index (χ4v) is 0.438. The molecule has 0 radical (unpaired) electrons. The smallest absolute Gasteiger partial charge is 0.331 e. The Bertz CT molecular complexity index is 170. The minimum absolute atomic E-state index is 0.307. The third-order valence-corrected chi connectivity index (χ3v) is 1.09. The number of aliphatic carboxylic acids is 1. The van der Waals surface area contributed by atoms with Gasteiger partial charge in [-0.25, -0.2) is 4.79 Å². The van der Waals surface area contributed by atoms with E-state index < -0.39 is 5.97 Å². The molecule has 2 nitrogen and oxygen atoms in total. The first-order valence-electron chi connectivity index (χ1n) is 2.81. The molecule has 0 aliphatic rings. The minimum atomic E-state index is -0.903. The van der Waals surface area contributed by atoms with Crippen LogP contribution in [0.25, 0.3) is 0 Å². The molecule has 0 heterocycles. The Balaban J connectivity index is 3.92. The Morgan fingerprint density at radius 1 is 1.70 bits per heavy atom. The van der Waals surface area contributed by atoms with Gasteiger partial charge in [0.05, 0.1) is 0 Å². The van der Waals surface area contributed by atoms with Gasteiger partial charge in [-0.05, 0) is 6.92 Å². The van der Waals surface area contributed by atoms with Gasteiger partial charge in [0.15, 0.2) is 0 Å². The molecule has 0 aromatic carbocycles. The van der Waals surface area contributed by atoms with Crippen molar-refractivity contribution in [2.75, 3.05) is 5.88 Å². The number of allylic oxidation sites excluding steroid dienone is 3. The second kappa shape index (κ2) is 5.06. The average Bonchev–Trinajstić information content (AvgIpc) is 1.88. The highest BCUT2D eigenvalue weighted by Gasteiger charge is 1.94. The van der Waals surface area contributed by atoms with Crippen molar-refractivity contribution in [3.63, 3.8) is 0 Å². The standard InChI is InChI=1S/C7H9ClO2/c1-6(7(9)10)4-2-3-5-8/h2-4H,5H2,1H3,(H,9,10). The van der Waals surface area contributed by atoms with Crippen molar-refractivity contribution in [2.45, 2.75) is 6.92 Å². The van der Waals surface area contributed by atoms with E-state index in [0.29, 0.717) is 11.5 Å². The molecule has 0 aromatic heterocycles. The lowest BCUT2D eigenvalue weighted by Gasteiger charge is -1.86. The van der Waals surface area contributed by atoms with Crippen molar-refractivity contribution in [2.24, 2.45) is 0 Å². The molecule has 0 unspecified atom stereocenters. The number of alkyl halides is 1. The van der Waals surface area contributed by atoms with Crippen LogP contribution in [0.2, 0.25) is 0 Å². The van der Waals surface area contributed by atoms with E-state index in [1.807, 2.05) is 0 Å². The van der Waals surface area contributed by atoms with Gasteiger partial charge in [-0.15, -0.1) is 11.6 Å². The first-order chi connectivity index (χ1) is 4.68. The predicted molar refractivity (Wildman–Crippen MR) is 41.3 cm³/mol. The van der Waals surface area contributed by atoms with E-state index in [1.165, 1.54) is 13.0 Å². The molecule has 0 aromatic rings. The van der Waals surface area contributed by atoms with Crippen molar-refractivity contribution in [1.29, 1.82) is 0 Å². The maximum Gasteiger partial charge on any atom is 0.331 e. The van der Waals surface area contributed by atoms with E-state index in [4.69, 9.17) is 16.7 Å². The molecule has 0 aliphatic carbocycles. The average molecular weight is 161 g/mol. The van der Waals surface area contributed by atoms with Crippen LogP contribution in [0.15, 0.2) is 23.8 Å². The van der Waals surface area contributed by atoms with Crippen LogP contribution in [0.4, 0.5) is 0 Å². The Morgan fingerprint density at radius 2 is 2.30 bits per heavy atom. The van der Waals surface area contributed by atoms with Gasteiger partial charge in [0, 0.05) is 11.5 Å². The molecule has 0 spiro atoms. The Morgan fingerprint density at radius 3 is 2.70 bits per heavy atom. The molecule has 56 valence electrons. The lowest BCUT2D eigenvalue weighted by Crippen LogP contribution is -1.94. The highest BCUT2D eigenvalue weighted by Crippen LogP contribution is 1.92. The lowest BCUT2D eigenvalue weighted by molar-refractivity contribution is -0.132. The van der Waals surface area contributed by atoms with Crippen LogP contribution >= 0.6 is 11.6 Å². The summed E-state index contributed by atoms with van der Waals surface area (Å²) < 4.78 is 0. The van der Waals surface area contributed by atoms with Gasteiger partial charge in [0.2, 0.25) is 0 Å². The SMILES string of the molecule is CC(=CC=CCCl)C(=O)O. The normalized spacial score (nSPS) is 12.4. The molecule has 0 fully saturated rings. The fourth-order valence-electron chi connectivity index (χ4n) is 0.335. The van der Waals surface area contributed by atoms with Crippen LogP contribution in [-0.2, 0) is 4.79 Å². The van der Waals surface area contributed by atoms with E-state index in [-0.39, 0.29) is 0 Å². The number of carbonyl (C=O) groups is 1. The zero-order valence-electron chi connectivity index (χ0n) is 5.67. The summed E-state index contributed by atoms with van der Waals surface area (Å²) in [6.07, 6.45) is 4.80. The van der Waals surface area contributed by atoms with Gasteiger partial charge < -0.3 is 5.11 Å². The summed E-state index contributed by atoms with van der Waals surface area (Å²) in [6.45, 7) is 1.53. The van der Waals surface area contributed by atoms with Crippen LogP contribution in [0.3, 0.4) is 0 Å². The first kappa shape index (κ1) is 9.24. The summed E-state index contributed by atoms with van der Waals surface area (Å²) in [6, 6.07) is 0. The van der Waals surface area contributed by atoms with Gasteiger partial charge >= 0.3 is 5.97 Å². The number of carboxylic acid groups (broad SMARTS) is 1. The fraction of sp³-hybridized carbons (Fsp3) is 0.286. The zero-order chi connectivity index (χ0) is 7.98. The van der Waals surface area contributed by atoms with Crippen molar-refractivity contribution >= 4 is 17.6 Å². The topological polar surface area (TPSA) is 37.3 Å². The number of carboxylic acids is 1. The molecular formula is C7H9ClO2. The van der Waals surface area contributed by atoms with Crippen LogP contribution in [0, 0.1) is 0 Å². The Kier molecular flexibility index (Phi) is 4.67. The molecule has 3 heteroatoms. The summed E-state index contributed by atoms with van der Waals surface area (Å²) >= 11 is 5.30. The van der Waals surface area contributed by atoms with Crippen molar-refractivity contribution < 1.29 is 9.90 Å². The van der Waals surface area contributed by atoms with Gasteiger partial charge in [-0.2, -0.15) is 0 Å². The van der Waals surface area contributed by atoms with E-state index in [1.54, 1.807) is 12.2 Å². The van der Waals surface area contributed by atoms with Crippen LogP contribution < -0.4 is 0 Å². The monoisotopic (exact) mass is 160 g/mol. The van der Waals surface area contributed by atoms with Gasteiger partial charge in [0.25, 0.3) is 0 Å². The van der Waals surface area contributed by atoms with Crippen molar-refractivity contribution in [3.05, 3.63) is 23.8 Å². The Hall–Kier alpha value is -0.760. The minimum Gasteiger partial charge on any atom is -0.478 e. The molecule has 0 bridgehead atoms. The highest BCUT2D eigenvalue weighted by molar-refractivity contribution is 6.18. The van der Waals surface area contributed by atoms with Crippen molar-refractivity contribution in [3.8, 4) is 0 Å².